The Kier molecular flexibility index (Phi) is 20.9. The summed E-state index contributed by atoms with van der Waals surface area (Å²) < 4.78 is 2.51. The fourth-order valence-corrected chi connectivity index (χ4v) is 5.86. The quantitative estimate of drug-likeness (QED) is 0.104. The number of rotatable bonds is 27. The lowest BCUT2D eigenvalue weighted by atomic mass is 10.0. The van der Waals surface area contributed by atoms with Gasteiger partial charge in [0.15, 0.2) is 0 Å². The molecule has 222 valence electrons. The minimum Gasteiger partial charge on any atom is -0.335 e. The third kappa shape index (κ3) is 17.7. The Labute approximate surface area is 243 Å². The molecule has 0 saturated carbocycles. The van der Waals surface area contributed by atoms with Crippen LogP contribution in [0.15, 0.2) is 36.5 Å². The van der Waals surface area contributed by atoms with Crippen molar-refractivity contribution in [2.24, 2.45) is 0 Å². The van der Waals surface area contributed by atoms with Crippen molar-refractivity contribution >= 4 is 0 Å². The van der Waals surface area contributed by atoms with Gasteiger partial charge < -0.3 is 4.57 Å². The van der Waals surface area contributed by atoms with E-state index in [-0.39, 0.29) is 0 Å². The Bertz CT molecular complexity index is 778. The first kappa shape index (κ1) is 33.6. The van der Waals surface area contributed by atoms with Gasteiger partial charge in [-0.1, -0.05) is 166 Å². The molecule has 0 aliphatic rings. The summed E-state index contributed by atoms with van der Waals surface area (Å²) in [5.41, 5.74) is 2.75. The SMILES string of the molecule is CCCCCCCCCCCCCCCCCCCn1cc(CCCc2ccccc2)nc1CCCCCC. The topological polar surface area (TPSA) is 17.8 Å². The maximum atomic E-state index is 5.10. The Morgan fingerprint density at radius 2 is 0.974 bits per heavy atom. The lowest BCUT2D eigenvalue weighted by Gasteiger charge is -2.08. The molecule has 0 aliphatic heterocycles. The van der Waals surface area contributed by atoms with Crippen molar-refractivity contribution < 1.29 is 0 Å². The fourth-order valence-electron chi connectivity index (χ4n) is 5.86. The van der Waals surface area contributed by atoms with Crippen molar-refractivity contribution in [1.82, 2.24) is 9.55 Å². The van der Waals surface area contributed by atoms with Crippen LogP contribution in [-0.4, -0.2) is 9.55 Å². The summed E-state index contributed by atoms with van der Waals surface area (Å²) in [4.78, 5) is 5.10. The third-order valence-electron chi connectivity index (χ3n) is 8.41. The van der Waals surface area contributed by atoms with E-state index in [1.807, 2.05) is 0 Å². The zero-order valence-electron chi connectivity index (χ0n) is 26.2. The number of aryl methyl sites for hydroxylation is 4. The standard InChI is InChI=1S/C37H64N2/c1-3-5-7-9-10-11-12-13-14-15-16-17-18-19-20-21-26-33-39-34-36(38-37(39)32-25-8-6-4-2)31-27-30-35-28-23-22-24-29-35/h22-24,28-29,34H,3-21,25-27,30-33H2,1-2H3. The number of hydrogen-bond donors (Lipinski definition) is 0. The minimum atomic E-state index is 1.10. The summed E-state index contributed by atoms with van der Waals surface area (Å²) in [6.07, 6.45) is 36.6. The Morgan fingerprint density at radius 1 is 0.487 bits per heavy atom. The highest BCUT2D eigenvalue weighted by atomic mass is 15.1. The van der Waals surface area contributed by atoms with E-state index in [1.54, 1.807) is 0 Å². The first-order valence-corrected chi connectivity index (χ1v) is 17.4. The van der Waals surface area contributed by atoms with Crippen molar-refractivity contribution in [1.29, 1.82) is 0 Å². The van der Waals surface area contributed by atoms with Crippen LogP contribution >= 0.6 is 0 Å². The molecule has 1 heterocycles. The molecule has 1 aromatic carbocycles. The summed E-state index contributed by atoms with van der Waals surface area (Å²) >= 11 is 0. The molecule has 0 fully saturated rings. The summed E-state index contributed by atoms with van der Waals surface area (Å²) in [5, 5.41) is 0. The van der Waals surface area contributed by atoms with Crippen LogP contribution in [-0.2, 0) is 25.8 Å². The monoisotopic (exact) mass is 537 g/mol. The van der Waals surface area contributed by atoms with Gasteiger partial charge >= 0.3 is 0 Å². The van der Waals surface area contributed by atoms with Crippen molar-refractivity contribution in [3.05, 3.63) is 53.6 Å². The average molecular weight is 537 g/mol. The molecule has 2 heteroatoms. The van der Waals surface area contributed by atoms with E-state index in [0.29, 0.717) is 0 Å². The molecule has 0 atom stereocenters. The zero-order chi connectivity index (χ0) is 27.6. The molecule has 0 unspecified atom stereocenters. The Balaban J connectivity index is 1.52. The number of aromatic nitrogens is 2. The molecular weight excluding hydrogens is 472 g/mol. The first-order chi connectivity index (χ1) is 19.3. The summed E-state index contributed by atoms with van der Waals surface area (Å²) in [6.45, 7) is 5.76. The molecule has 1 aromatic heterocycles. The van der Waals surface area contributed by atoms with E-state index in [1.165, 1.54) is 158 Å². The van der Waals surface area contributed by atoms with Gasteiger partial charge in [-0.05, 0) is 37.7 Å². The number of nitrogens with zero attached hydrogens (tertiary/aromatic N) is 2. The van der Waals surface area contributed by atoms with Gasteiger partial charge in [-0.3, -0.25) is 0 Å². The van der Waals surface area contributed by atoms with Crippen LogP contribution in [0.2, 0.25) is 0 Å². The zero-order valence-corrected chi connectivity index (χ0v) is 26.2. The normalized spacial score (nSPS) is 11.4. The van der Waals surface area contributed by atoms with Crippen LogP contribution in [0.1, 0.15) is 172 Å². The highest BCUT2D eigenvalue weighted by Crippen LogP contribution is 2.16. The Hall–Kier alpha value is -1.57. The summed E-state index contributed by atoms with van der Waals surface area (Å²) in [7, 11) is 0. The van der Waals surface area contributed by atoms with Gasteiger partial charge in [0, 0.05) is 19.2 Å². The van der Waals surface area contributed by atoms with Gasteiger partial charge in [-0.15, -0.1) is 0 Å². The molecule has 0 aliphatic carbocycles. The molecule has 0 saturated heterocycles. The van der Waals surface area contributed by atoms with Gasteiger partial charge in [0.25, 0.3) is 0 Å². The molecule has 0 radical (unpaired) electrons. The molecular formula is C37H64N2. The van der Waals surface area contributed by atoms with E-state index >= 15 is 0 Å². The molecule has 39 heavy (non-hydrogen) atoms. The molecule has 2 aromatic rings. The van der Waals surface area contributed by atoms with E-state index in [2.05, 4.69) is 54.9 Å². The average Bonchev–Trinajstić information content (AvgIpc) is 3.34. The van der Waals surface area contributed by atoms with Crippen molar-refractivity contribution in [3.8, 4) is 0 Å². The number of hydrogen-bond acceptors (Lipinski definition) is 1. The van der Waals surface area contributed by atoms with Crippen LogP contribution in [0.4, 0.5) is 0 Å². The maximum Gasteiger partial charge on any atom is 0.108 e. The van der Waals surface area contributed by atoms with E-state index in [4.69, 9.17) is 4.98 Å². The van der Waals surface area contributed by atoms with Crippen LogP contribution in [0.3, 0.4) is 0 Å². The van der Waals surface area contributed by atoms with Gasteiger partial charge in [0.05, 0.1) is 5.69 Å². The highest BCUT2D eigenvalue weighted by Gasteiger charge is 2.08. The van der Waals surface area contributed by atoms with E-state index in [9.17, 15) is 0 Å². The maximum absolute atomic E-state index is 5.10. The lowest BCUT2D eigenvalue weighted by molar-refractivity contribution is 0.514. The second kappa shape index (κ2) is 24.2. The predicted octanol–water partition coefficient (Wildman–Crippen LogP) is 11.8. The minimum absolute atomic E-state index is 1.10. The van der Waals surface area contributed by atoms with Crippen LogP contribution in [0.25, 0.3) is 0 Å². The third-order valence-corrected chi connectivity index (χ3v) is 8.41. The van der Waals surface area contributed by atoms with Crippen molar-refractivity contribution in [2.45, 2.75) is 181 Å². The molecule has 0 bridgehead atoms. The van der Waals surface area contributed by atoms with Crippen LogP contribution in [0, 0.1) is 0 Å². The summed E-state index contributed by atoms with van der Waals surface area (Å²) in [6, 6.07) is 10.9. The smallest absolute Gasteiger partial charge is 0.108 e. The van der Waals surface area contributed by atoms with E-state index in [0.717, 1.165) is 25.8 Å². The lowest BCUT2D eigenvalue weighted by Crippen LogP contribution is -2.03. The van der Waals surface area contributed by atoms with Crippen molar-refractivity contribution in [3.63, 3.8) is 0 Å². The molecule has 0 amide bonds. The second-order valence-electron chi connectivity index (χ2n) is 12.1. The largest absolute Gasteiger partial charge is 0.335 e. The Morgan fingerprint density at radius 3 is 1.51 bits per heavy atom. The number of unbranched alkanes of at least 4 members (excludes halogenated alkanes) is 19. The molecule has 0 spiro atoms. The molecule has 2 nitrogen and oxygen atoms in total. The summed E-state index contributed by atoms with van der Waals surface area (Å²) in [5.74, 6) is 1.34. The number of benzene rings is 1. The number of imidazole rings is 1. The van der Waals surface area contributed by atoms with Gasteiger partial charge in [-0.2, -0.15) is 0 Å². The van der Waals surface area contributed by atoms with Crippen molar-refractivity contribution in [2.75, 3.05) is 0 Å². The van der Waals surface area contributed by atoms with Gasteiger partial charge in [-0.25, -0.2) is 4.98 Å². The second-order valence-corrected chi connectivity index (χ2v) is 12.1. The van der Waals surface area contributed by atoms with Crippen LogP contribution < -0.4 is 0 Å². The predicted molar refractivity (Wildman–Crippen MR) is 173 cm³/mol. The fraction of sp³-hybridized carbons (Fsp3) is 0.757. The van der Waals surface area contributed by atoms with Crippen LogP contribution in [0.5, 0.6) is 0 Å². The molecule has 0 N–H and O–H groups in total. The first-order valence-electron chi connectivity index (χ1n) is 17.4. The van der Waals surface area contributed by atoms with Gasteiger partial charge in [0.1, 0.15) is 5.82 Å². The molecule has 2 rings (SSSR count). The highest BCUT2D eigenvalue weighted by molar-refractivity contribution is 5.15. The van der Waals surface area contributed by atoms with Gasteiger partial charge in [0.2, 0.25) is 0 Å². The van der Waals surface area contributed by atoms with E-state index < -0.39 is 0 Å².